The summed E-state index contributed by atoms with van der Waals surface area (Å²) >= 11 is 0. The Bertz CT molecular complexity index is 1240. The number of likely N-dealkylation sites (tertiary alicyclic amines) is 1. The summed E-state index contributed by atoms with van der Waals surface area (Å²) in [5.41, 5.74) is -1.76. The van der Waals surface area contributed by atoms with Crippen molar-refractivity contribution in [2.75, 3.05) is 26.7 Å². The summed E-state index contributed by atoms with van der Waals surface area (Å²) in [5, 5.41) is 36.8. The molecule has 222 valence electrons. The fourth-order valence-corrected chi connectivity index (χ4v) is 4.61. The van der Waals surface area contributed by atoms with Gasteiger partial charge in [-0.05, 0) is 25.0 Å². The summed E-state index contributed by atoms with van der Waals surface area (Å²) in [6.07, 6.45) is 3.24. The second kappa shape index (κ2) is 14.9. The Morgan fingerprint density at radius 3 is 2.07 bits per heavy atom. The molecule has 12 heteroatoms. The van der Waals surface area contributed by atoms with Gasteiger partial charge in [0.15, 0.2) is 5.60 Å². The normalized spacial score (nSPS) is 14.9. The second-order valence-corrected chi connectivity index (χ2v) is 9.67. The lowest BCUT2D eigenvalue weighted by Crippen LogP contribution is -2.53. The van der Waals surface area contributed by atoms with E-state index in [1.165, 1.54) is 13.0 Å². The van der Waals surface area contributed by atoms with Gasteiger partial charge >= 0.3 is 17.9 Å². The number of carboxylic acid groups (broad SMARTS) is 3. The van der Waals surface area contributed by atoms with E-state index < -0.39 is 41.9 Å². The van der Waals surface area contributed by atoms with Gasteiger partial charge < -0.3 is 30.5 Å². The zero-order chi connectivity index (χ0) is 30.6. The fourth-order valence-electron chi connectivity index (χ4n) is 4.61. The predicted octanol–water partition coefficient (Wildman–Crippen LogP) is 2.73. The number of methoxy groups -OCH3 is 1. The number of ether oxygens (including phenoxy) is 1. The Morgan fingerprint density at radius 1 is 1.00 bits per heavy atom. The molecule has 0 spiro atoms. The third-order valence-electron chi connectivity index (χ3n) is 6.60. The molecule has 11 nitrogen and oxygen atoms in total. The van der Waals surface area contributed by atoms with E-state index >= 15 is 0 Å². The lowest BCUT2D eigenvalue weighted by atomic mass is 9.80. The summed E-state index contributed by atoms with van der Waals surface area (Å²) in [4.78, 5) is 44.6. The van der Waals surface area contributed by atoms with Gasteiger partial charge in [-0.15, -0.1) is 0 Å². The average Bonchev–Trinajstić information content (AvgIpc) is 2.89. The van der Waals surface area contributed by atoms with Gasteiger partial charge in [0.2, 0.25) is 5.91 Å². The molecular formula is C29H35FN2O9. The number of para-hydroxylation sites is 1. The van der Waals surface area contributed by atoms with Crippen molar-refractivity contribution < 1.29 is 48.7 Å². The number of carbonyl (C=O) groups excluding carboxylic acids is 1. The van der Waals surface area contributed by atoms with E-state index in [2.05, 4.69) is 22.4 Å². The minimum Gasteiger partial charge on any atom is -0.496 e. The highest BCUT2D eigenvalue weighted by Gasteiger charge is 2.41. The molecule has 1 saturated heterocycles. The van der Waals surface area contributed by atoms with Crippen LogP contribution in [0.3, 0.4) is 0 Å². The number of hydrogen-bond donors (Lipinski definition) is 5. The molecule has 0 aromatic heterocycles. The van der Waals surface area contributed by atoms with Gasteiger partial charge in [-0.1, -0.05) is 48.6 Å². The number of rotatable bonds is 11. The van der Waals surface area contributed by atoms with Crippen LogP contribution >= 0.6 is 0 Å². The summed E-state index contributed by atoms with van der Waals surface area (Å²) in [6.45, 7) is 3.85. The topological polar surface area (TPSA) is 174 Å². The van der Waals surface area contributed by atoms with E-state index in [4.69, 9.17) is 25.2 Å². The number of nitrogens with zero attached hydrogens (tertiary/aromatic N) is 1. The van der Waals surface area contributed by atoms with Gasteiger partial charge in [-0.3, -0.25) is 19.3 Å². The van der Waals surface area contributed by atoms with Gasteiger partial charge in [-0.2, -0.15) is 0 Å². The number of benzene rings is 2. The SMILES string of the molecule is COc1ccccc1/C=C/CN1CCC(NC(C)=O)(c2ccccc2F)CC1.O=C(O)CC(O)(CC(=O)O)C(=O)O. The molecule has 3 rings (SSSR count). The monoisotopic (exact) mass is 574 g/mol. The second-order valence-electron chi connectivity index (χ2n) is 9.67. The molecule has 0 atom stereocenters. The molecule has 1 amide bonds. The van der Waals surface area contributed by atoms with E-state index in [-0.39, 0.29) is 11.7 Å². The third kappa shape index (κ3) is 9.69. The predicted molar refractivity (Wildman–Crippen MR) is 147 cm³/mol. The number of aliphatic carboxylic acids is 3. The first-order valence-electron chi connectivity index (χ1n) is 12.8. The largest absolute Gasteiger partial charge is 0.496 e. The van der Waals surface area contributed by atoms with Crippen LogP contribution in [0.5, 0.6) is 5.75 Å². The van der Waals surface area contributed by atoms with Crippen LogP contribution in [0.25, 0.3) is 6.08 Å². The molecule has 2 aromatic rings. The molecule has 0 aliphatic carbocycles. The Kier molecular flexibility index (Phi) is 12.0. The summed E-state index contributed by atoms with van der Waals surface area (Å²) in [5.74, 6) is -4.57. The number of carboxylic acids is 3. The zero-order valence-electron chi connectivity index (χ0n) is 22.9. The number of nitrogens with one attached hydrogen (secondary N) is 1. The maximum Gasteiger partial charge on any atom is 0.336 e. The number of aliphatic hydroxyl groups is 1. The first-order valence-corrected chi connectivity index (χ1v) is 12.8. The highest BCUT2D eigenvalue weighted by atomic mass is 19.1. The van der Waals surface area contributed by atoms with E-state index in [0.717, 1.165) is 30.9 Å². The number of hydrogen-bond acceptors (Lipinski definition) is 7. The molecule has 2 aromatic carbocycles. The fraction of sp³-hybridized carbons (Fsp3) is 0.379. The Balaban J connectivity index is 0.000000383. The molecule has 1 heterocycles. The number of piperidine rings is 1. The Morgan fingerprint density at radius 2 is 1.56 bits per heavy atom. The number of carbonyl (C=O) groups is 4. The van der Waals surface area contributed by atoms with Gasteiger partial charge in [0.1, 0.15) is 11.6 Å². The average molecular weight is 575 g/mol. The minimum absolute atomic E-state index is 0.132. The Hall–Kier alpha value is -4.29. The minimum atomic E-state index is -2.74. The standard InChI is InChI=1S/C23H27FN2O2.C6H8O7/c1-18(27)25-23(20-10-4-5-11-21(20)24)13-16-26(17-14-23)15-7-9-19-8-3-6-12-22(19)28-2;7-3(8)1-6(13,5(11)12)2-4(9)10/h3-12H,13-17H2,1-2H3,(H,25,27);13H,1-2H2,(H,7,8)(H,9,10)(H,11,12)/b9-7+;. The van der Waals surface area contributed by atoms with Crippen LogP contribution in [-0.2, 0) is 24.7 Å². The molecule has 5 N–H and O–H groups in total. The smallest absolute Gasteiger partial charge is 0.336 e. The van der Waals surface area contributed by atoms with Crippen molar-refractivity contribution in [2.45, 2.75) is 43.7 Å². The van der Waals surface area contributed by atoms with Crippen molar-refractivity contribution in [2.24, 2.45) is 0 Å². The molecule has 1 aliphatic rings. The van der Waals surface area contributed by atoms with E-state index in [1.54, 1.807) is 19.2 Å². The van der Waals surface area contributed by atoms with Crippen LogP contribution in [0.4, 0.5) is 4.39 Å². The highest BCUT2D eigenvalue weighted by molar-refractivity contribution is 5.88. The van der Waals surface area contributed by atoms with Gasteiger partial charge in [0.05, 0.1) is 25.5 Å². The van der Waals surface area contributed by atoms with E-state index in [9.17, 15) is 23.6 Å². The van der Waals surface area contributed by atoms with Crippen LogP contribution in [0.15, 0.2) is 54.6 Å². The first kappa shape index (κ1) is 32.9. The lowest BCUT2D eigenvalue weighted by molar-refractivity contribution is -0.170. The molecule has 0 saturated carbocycles. The molecule has 0 unspecified atom stereocenters. The maximum atomic E-state index is 14.4. The molecule has 0 radical (unpaired) electrons. The van der Waals surface area contributed by atoms with E-state index in [1.807, 2.05) is 30.3 Å². The van der Waals surface area contributed by atoms with Gasteiger partial charge in [0.25, 0.3) is 0 Å². The quantitative estimate of drug-likeness (QED) is 0.268. The van der Waals surface area contributed by atoms with Crippen LogP contribution in [-0.4, -0.2) is 81.5 Å². The summed E-state index contributed by atoms with van der Waals surface area (Å²) < 4.78 is 19.8. The molecular weight excluding hydrogens is 539 g/mol. The lowest BCUT2D eigenvalue weighted by Gasteiger charge is -2.42. The summed E-state index contributed by atoms with van der Waals surface area (Å²) in [7, 11) is 1.67. The van der Waals surface area contributed by atoms with Crippen LogP contribution in [0, 0.1) is 5.82 Å². The van der Waals surface area contributed by atoms with Crippen molar-refractivity contribution in [1.82, 2.24) is 10.2 Å². The molecule has 1 fully saturated rings. The zero-order valence-corrected chi connectivity index (χ0v) is 22.9. The molecule has 1 aliphatic heterocycles. The van der Waals surface area contributed by atoms with Crippen LogP contribution < -0.4 is 10.1 Å². The van der Waals surface area contributed by atoms with Crippen molar-refractivity contribution in [3.63, 3.8) is 0 Å². The van der Waals surface area contributed by atoms with Crippen LogP contribution in [0.2, 0.25) is 0 Å². The van der Waals surface area contributed by atoms with E-state index in [0.29, 0.717) is 18.4 Å². The number of amides is 1. The summed E-state index contributed by atoms with van der Waals surface area (Å²) in [6, 6.07) is 14.6. The highest BCUT2D eigenvalue weighted by Crippen LogP contribution is 2.34. The maximum absolute atomic E-state index is 14.4. The first-order chi connectivity index (χ1) is 19.3. The Labute approximate surface area is 236 Å². The van der Waals surface area contributed by atoms with Crippen molar-refractivity contribution in [1.29, 1.82) is 0 Å². The van der Waals surface area contributed by atoms with Crippen molar-refractivity contribution >= 4 is 29.9 Å². The number of halogens is 1. The third-order valence-corrected chi connectivity index (χ3v) is 6.60. The van der Waals surface area contributed by atoms with Crippen molar-refractivity contribution in [3.05, 3.63) is 71.6 Å². The molecule has 0 bridgehead atoms. The van der Waals surface area contributed by atoms with Gasteiger partial charge in [-0.25, -0.2) is 9.18 Å². The van der Waals surface area contributed by atoms with Gasteiger partial charge in [0, 0.05) is 37.7 Å². The molecule has 41 heavy (non-hydrogen) atoms. The van der Waals surface area contributed by atoms with Crippen LogP contribution in [0.1, 0.15) is 43.7 Å². The van der Waals surface area contributed by atoms with Crippen molar-refractivity contribution in [3.8, 4) is 5.75 Å².